The van der Waals surface area contributed by atoms with Crippen molar-refractivity contribution in [1.82, 2.24) is 35.8 Å². The Hall–Kier alpha value is -2.36. The van der Waals surface area contributed by atoms with Crippen LogP contribution in [0.4, 0.5) is 0 Å². The van der Waals surface area contributed by atoms with Gasteiger partial charge in [0.1, 0.15) is 18.0 Å². The smallest absolute Gasteiger partial charge is 0.273 e. The molecule has 5 N–H and O–H groups in total. The largest absolute Gasteiger partial charge is 0.378 e. The summed E-state index contributed by atoms with van der Waals surface area (Å²) in [6, 6.07) is 0.514. The van der Waals surface area contributed by atoms with Crippen molar-refractivity contribution in [2.45, 2.75) is 24.8 Å². The van der Waals surface area contributed by atoms with Crippen LogP contribution in [0.25, 0.3) is 6.08 Å². The van der Waals surface area contributed by atoms with Crippen LogP contribution in [0.2, 0.25) is 0 Å². The van der Waals surface area contributed by atoms with E-state index in [0.717, 1.165) is 25.3 Å². The first kappa shape index (κ1) is 16.1. The van der Waals surface area contributed by atoms with E-state index >= 15 is 0 Å². The molecule has 0 spiro atoms. The van der Waals surface area contributed by atoms with Crippen LogP contribution in [0, 0.1) is 0 Å². The number of hydrogen-bond acceptors (Lipinski definition) is 7. The standard InChI is InChI=1S/C16H24N8O/c1-17-11-5-7-23(9-11)15-3-2-14-19-8-12(24(14)22-15)16(25)21-13-4-6-18-10-20-13/h2-4,6,8,11,13,15,17-18,20,22H,5,7,9-10H2,1H3,(H,21,25)/t11-,13?,15?/m0/s1. The Kier molecular flexibility index (Phi) is 4.43. The molecule has 0 aromatic carbocycles. The number of carbonyl (C=O) groups excluding carboxylic acids is 1. The minimum atomic E-state index is -0.190. The van der Waals surface area contributed by atoms with E-state index in [9.17, 15) is 4.79 Å². The molecular weight excluding hydrogens is 320 g/mol. The summed E-state index contributed by atoms with van der Waals surface area (Å²) in [5, 5.41) is 12.4. The highest BCUT2D eigenvalue weighted by molar-refractivity contribution is 5.93. The minimum Gasteiger partial charge on any atom is -0.378 e. The van der Waals surface area contributed by atoms with Gasteiger partial charge in [0.2, 0.25) is 0 Å². The Labute approximate surface area is 146 Å². The van der Waals surface area contributed by atoms with Gasteiger partial charge in [0.15, 0.2) is 5.82 Å². The van der Waals surface area contributed by atoms with E-state index in [2.05, 4.69) is 42.7 Å². The number of imidazole rings is 1. The summed E-state index contributed by atoms with van der Waals surface area (Å²) < 4.78 is 1.78. The van der Waals surface area contributed by atoms with Gasteiger partial charge < -0.3 is 21.4 Å². The third kappa shape index (κ3) is 3.26. The zero-order valence-corrected chi connectivity index (χ0v) is 14.2. The Bertz CT molecular complexity index is 696. The van der Waals surface area contributed by atoms with Crippen LogP contribution in [0.15, 0.2) is 24.5 Å². The number of fused-ring (bicyclic) bond motifs is 1. The molecule has 0 aliphatic carbocycles. The minimum absolute atomic E-state index is 0.0588. The zero-order chi connectivity index (χ0) is 17.2. The van der Waals surface area contributed by atoms with Crippen LogP contribution in [-0.2, 0) is 0 Å². The van der Waals surface area contributed by atoms with Gasteiger partial charge in [-0.2, -0.15) is 0 Å². The van der Waals surface area contributed by atoms with Crippen molar-refractivity contribution in [3.8, 4) is 0 Å². The monoisotopic (exact) mass is 344 g/mol. The van der Waals surface area contributed by atoms with Crippen molar-refractivity contribution in [2.24, 2.45) is 0 Å². The van der Waals surface area contributed by atoms with E-state index < -0.39 is 0 Å². The van der Waals surface area contributed by atoms with Crippen molar-refractivity contribution in [3.05, 3.63) is 36.1 Å². The van der Waals surface area contributed by atoms with Gasteiger partial charge >= 0.3 is 0 Å². The second kappa shape index (κ2) is 6.87. The molecule has 1 aromatic heterocycles. The van der Waals surface area contributed by atoms with E-state index in [1.54, 1.807) is 10.9 Å². The summed E-state index contributed by atoms with van der Waals surface area (Å²) in [5.41, 5.74) is 3.91. The lowest BCUT2D eigenvalue weighted by Gasteiger charge is -2.31. The van der Waals surface area contributed by atoms with E-state index in [1.165, 1.54) is 0 Å². The maximum Gasteiger partial charge on any atom is 0.273 e. The average Bonchev–Trinajstić information content (AvgIpc) is 3.29. The van der Waals surface area contributed by atoms with Crippen molar-refractivity contribution >= 4 is 12.0 Å². The molecule has 25 heavy (non-hydrogen) atoms. The van der Waals surface area contributed by atoms with Gasteiger partial charge in [-0.15, -0.1) is 0 Å². The summed E-state index contributed by atoms with van der Waals surface area (Å²) >= 11 is 0. The fraction of sp³-hybridized carbons (Fsp3) is 0.500. The third-order valence-electron chi connectivity index (χ3n) is 4.85. The average molecular weight is 344 g/mol. The van der Waals surface area contributed by atoms with E-state index in [0.29, 0.717) is 18.4 Å². The number of nitrogens with zero attached hydrogens (tertiary/aromatic N) is 3. The van der Waals surface area contributed by atoms with Crippen LogP contribution in [0.3, 0.4) is 0 Å². The normalized spacial score (nSPS) is 28.3. The molecule has 9 heteroatoms. The molecule has 1 saturated heterocycles. The number of aromatic nitrogens is 2. The number of likely N-dealkylation sites (tertiary alicyclic amines) is 1. The molecule has 1 aromatic rings. The van der Waals surface area contributed by atoms with Gasteiger partial charge in [-0.1, -0.05) is 0 Å². The van der Waals surface area contributed by atoms with Gasteiger partial charge in [-0.25, -0.2) is 9.66 Å². The highest BCUT2D eigenvalue weighted by atomic mass is 16.2. The predicted molar refractivity (Wildman–Crippen MR) is 95.0 cm³/mol. The molecule has 134 valence electrons. The van der Waals surface area contributed by atoms with Crippen molar-refractivity contribution in [2.75, 3.05) is 32.2 Å². The zero-order valence-electron chi connectivity index (χ0n) is 14.2. The molecule has 4 rings (SSSR count). The van der Waals surface area contributed by atoms with Crippen molar-refractivity contribution in [3.63, 3.8) is 0 Å². The SMILES string of the molecule is CN[C@H]1CCN(C2C=Cc3ncc(C(=O)NC4C=CNCN4)n3N2)C1. The molecule has 3 atom stereocenters. The van der Waals surface area contributed by atoms with Crippen molar-refractivity contribution < 1.29 is 4.79 Å². The van der Waals surface area contributed by atoms with Crippen molar-refractivity contribution in [1.29, 1.82) is 0 Å². The Morgan fingerprint density at radius 3 is 3.08 bits per heavy atom. The first-order chi connectivity index (χ1) is 12.2. The topological polar surface area (TPSA) is 98.3 Å². The second-order valence-corrected chi connectivity index (χ2v) is 6.43. The maximum atomic E-state index is 12.6. The van der Waals surface area contributed by atoms with E-state index in [4.69, 9.17) is 0 Å². The van der Waals surface area contributed by atoms with Gasteiger partial charge in [-0.3, -0.25) is 15.0 Å². The number of carbonyl (C=O) groups is 1. The Morgan fingerprint density at radius 2 is 2.32 bits per heavy atom. The predicted octanol–water partition coefficient (Wildman–Crippen LogP) is -1.21. The van der Waals surface area contributed by atoms with E-state index in [1.807, 2.05) is 25.4 Å². The summed E-state index contributed by atoms with van der Waals surface area (Å²) in [7, 11) is 2.00. The number of amides is 1. The summed E-state index contributed by atoms with van der Waals surface area (Å²) in [6.45, 7) is 2.62. The molecule has 0 bridgehead atoms. The maximum absolute atomic E-state index is 12.6. The Balaban J connectivity index is 1.46. The lowest BCUT2D eigenvalue weighted by molar-refractivity contribution is 0.0928. The van der Waals surface area contributed by atoms with E-state index in [-0.39, 0.29) is 18.2 Å². The fourth-order valence-electron chi connectivity index (χ4n) is 3.39. The van der Waals surface area contributed by atoms with Gasteiger partial charge in [-0.05, 0) is 37.9 Å². The van der Waals surface area contributed by atoms with Crippen LogP contribution >= 0.6 is 0 Å². The third-order valence-corrected chi connectivity index (χ3v) is 4.85. The summed E-state index contributed by atoms with van der Waals surface area (Å²) in [6.07, 6.45) is 10.4. The van der Waals surface area contributed by atoms with Gasteiger partial charge in [0, 0.05) is 19.1 Å². The quantitative estimate of drug-likeness (QED) is 0.468. The Morgan fingerprint density at radius 1 is 1.40 bits per heavy atom. The van der Waals surface area contributed by atoms with Gasteiger partial charge in [0.05, 0.1) is 12.9 Å². The number of rotatable bonds is 4. The number of nitrogens with one attached hydrogen (secondary N) is 5. The van der Waals surface area contributed by atoms with Crippen LogP contribution in [0.1, 0.15) is 22.7 Å². The first-order valence-corrected chi connectivity index (χ1v) is 8.63. The first-order valence-electron chi connectivity index (χ1n) is 8.63. The molecule has 9 nitrogen and oxygen atoms in total. The number of hydrogen-bond donors (Lipinski definition) is 5. The highest BCUT2D eigenvalue weighted by Crippen LogP contribution is 2.18. The lowest BCUT2D eigenvalue weighted by Crippen LogP contribution is -2.50. The molecule has 3 aliphatic rings. The molecule has 1 amide bonds. The molecule has 0 saturated carbocycles. The molecule has 3 aliphatic heterocycles. The summed E-state index contributed by atoms with van der Waals surface area (Å²) in [5.74, 6) is 0.568. The highest BCUT2D eigenvalue weighted by Gasteiger charge is 2.29. The molecule has 1 fully saturated rings. The summed E-state index contributed by atoms with van der Waals surface area (Å²) in [4.78, 5) is 19.3. The van der Waals surface area contributed by atoms with Crippen LogP contribution < -0.4 is 26.7 Å². The molecule has 2 unspecified atom stereocenters. The second-order valence-electron chi connectivity index (χ2n) is 6.43. The molecule has 4 heterocycles. The molecule has 0 radical (unpaired) electrons. The van der Waals surface area contributed by atoms with Crippen LogP contribution in [0.5, 0.6) is 0 Å². The lowest BCUT2D eigenvalue weighted by atomic mass is 10.3. The fourth-order valence-corrected chi connectivity index (χ4v) is 3.39. The number of likely N-dealkylation sites (N-methyl/N-ethyl adjacent to an activating group) is 1. The van der Waals surface area contributed by atoms with Gasteiger partial charge in [0.25, 0.3) is 5.91 Å². The molecular formula is C16H24N8O. The van der Waals surface area contributed by atoms with Crippen LogP contribution in [-0.4, -0.2) is 65.6 Å².